The van der Waals surface area contributed by atoms with E-state index in [1.807, 2.05) is 44.3 Å². The highest BCUT2D eigenvalue weighted by Gasteiger charge is 2.07. The Hall–Kier alpha value is -1.72. The molecule has 0 bridgehead atoms. The summed E-state index contributed by atoms with van der Waals surface area (Å²) in [6.07, 6.45) is 4.82. The number of amides is 1. The molecule has 0 aliphatic heterocycles. The lowest BCUT2D eigenvalue weighted by molar-refractivity contribution is -0.123. The highest BCUT2D eigenvalue weighted by atomic mass is 35.5. The fourth-order valence-electron chi connectivity index (χ4n) is 1.79. The van der Waals surface area contributed by atoms with Crippen molar-refractivity contribution in [3.8, 4) is 11.5 Å². The molecule has 22 heavy (non-hydrogen) atoms. The zero-order valence-electron chi connectivity index (χ0n) is 13.3. The third-order valence-electron chi connectivity index (χ3n) is 2.83. The van der Waals surface area contributed by atoms with Crippen molar-refractivity contribution in [2.75, 3.05) is 33.9 Å². The third-order valence-corrected chi connectivity index (χ3v) is 2.83. The summed E-state index contributed by atoms with van der Waals surface area (Å²) in [5.74, 6) is 1.05. The Morgan fingerprint density at radius 2 is 2.05 bits per heavy atom. The first kappa shape index (κ1) is 20.3. The lowest BCUT2D eigenvalue weighted by Crippen LogP contribution is -2.31. The number of hydrogen-bond donors (Lipinski definition) is 2. The zero-order valence-corrected chi connectivity index (χ0v) is 14.2. The molecule has 0 aromatic heterocycles. The second-order valence-corrected chi connectivity index (χ2v) is 4.51. The molecule has 0 unspecified atom stereocenters. The molecule has 6 heteroatoms. The number of halogens is 1. The molecule has 0 radical (unpaired) electrons. The summed E-state index contributed by atoms with van der Waals surface area (Å²) in [5, 5.41) is 5.83. The van der Waals surface area contributed by atoms with E-state index in [4.69, 9.17) is 9.47 Å². The van der Waals surface area contributed by atoms with E-state index in [1.165, 1.54) is 0 Å². The monoisotopic (exact) mass is 328 g/mol. The van der Waals surface area contributed by atoms with Crippen LogP contribution in [-0.2, 0) is 4.79 Å². The molecule has 0 spiro atoms. The van der Waals surface area contributed by atoms with Crippen molar-refractivity contribution in [1.29, 1.82) is 0 Å². The van der Waals surface area contributed by atoms with Crippen molar-refractivity contribution in [2.45, 2.75) is 13.3 Å². The minimum absolute atomic E-state index is 0. The van der Waals surface area contributed by atoms with Crippen LogP contribution in [0.4, 0.5) is 0 Å². The molecule has 0 atom stereocenters. The van der Waals surface area contributed by atoms with Crippen molar-refractivity contribution in [1.82, 2.24) is 10.6 Å². The molecule has 0 aliphatic rings. The highest BCUT2D eigenvalue weighted by molar-refractivity contribution is 5.85. The molecule has 124 valence electrons. The molecule has 5 nitrogen and oxygen atoms in total. The molecule has 1 rings (SSSR count). The molecule has 2 N–H and O–H groups in total. The minimum Gasteiger partial charge on any atom is -0.493 e. The Kier molecular flexibility index (Phi) is 11.0. The number of rotatable bonds is 9. The molecular weight excluding hydrogens is 304 g/mol. The van der Waals surface area contributed by atoms with Gasteiger partial charge in [-0.2, -0.15) is 0 Å². The van der Waals surface area contributed by atoms with Crippen LogP contribution in [0.5, 0.6) is 11.5 Å². The molecule has 1 amide bonds. The van der Waals surface area contributed by atoms with Gasteiger partial charge in [-0.05, 0) is 44.6 Å². The second-order valence-electron chi connectivity index (χ2n) is 4.51. The van der Waals surface area contributed by atoms with Crippen molar-refractivity contribution in [3.05, 3.63) is 29.8 Å². The van der Waals surface area contributed by atoms with Gasteiger partial charge in [0.25, 0.3) is 5.91 Å². The number of nitrogens with one attached hydrogen (secondary N) is 2. The van der Waals surface area contributed by atoms with Crippen LogP contribution in [0.15, 0.2) is 24.3 Å². The fraction of sp³-hybridized carbons (Fsp3) is 0.438. The van der Waals surface area contributed by atoms with Gasteiger partial charge in [0, 0.05) is 6.54 Å². The van der Waals surface area contributed by atoms with E-state index >= 15 is 0 Å². The normalized spacial score (nSPS) is 10.1. The Labute approximate surface area is 138 Å². The Bertz CT molecular complexity index is 478. The quantitative estimate of drug-likeness (QED) is 0.683. The predicted molar refractivity (Wildman–Crippen MR) is 92.0 cm³/mol. The van der Waals surface area contributed by atoms with Crippen molar-refractivity contribution in [2.24, 2.45) is 0 Å². The number of carbonyl (C=O) groups is 1. The average molecular weight is 329 g/mol. The van der Waals surface area contributed by atoms with Gasteiger partial charge in [0.1, 0.15) is 0 Å². The summed E-state index contributed by atoms with van der Waals surface area (Å²) in [7, 11) is 3.47. The predicted octanol–water partition coefficient (Wildman–Crippen LogP) is 2.25. The van der Waals surface area contributed by atoms with Gasteiger partial charge in [-0.25, -0.2) is 0 Å². The largest absolute Gasteiger partial charge is 0.493 e. The number of ether oxygens (including phenoxy) is 2. The summed E-state index contributed by atoms with van der Waals surface area (Å²) in [5.41, 5.74) is 1.03. The van der Waals surface area contributed by atoms with E-state index in [9.17, 15) is 4.79 Å². The number of methoxy groups -OCH3 is 1. The van der Waals surface area contributed by atoms with Crippen LogP contribution in [0.25, 0.3) is 6.08 Å². The van der Waals surface area contributed by atoms with E-state index in [0.717, 1.165) is 18.5 Å². The molecule has 0 heterocycles. The number of carbonyl (C=O) groups excluding carboxylic acids is 1. The SMILES string of the molecule is C/C=C/c1ccc(OCC(=O)NCCCNC)c(OC)c1.Cl. The number of benzene rings is 1. The van der Waals surface area contributed by atoms with Gasteiger partial charge >= 0.3 is 0 Å². The van der Waals surface area contributed by atoms with Crippen LogP contribution >= 0.6 is 12.4 Å². The van der Waals surface area contributed by atoms with Crippen LogP contribution in [-0.4, -0.2) is 39.8 Å². The lowest BCUT2D eigenvalue weighted by atomic mass is 10.2. The summed E-state index contributed by atoms with van der Waals surface area (Å²) < 4.78 is 10.8. The first-order valence-corrected chi connectivity index (χ1v) is 7.06. The van der Waals surface area contributed by atoms with E-state index in [2.05, 4.69) is 10.6 Å². The van der Waals surface area contributed by atoms with Gasteiger partial charge in [0.05, 0.1) is 7.11 Å². The van der Waals surface area contributed by atoms with Crippen molar-refractivity contribution in [3.63, 3.8) is 0 Å². The van der Waals surface area contributed by atoms with Crippen LogP contribution < -0.4 is 20.1 Å². The Morgan fingerprint density at radius 1 is 1.27 bits per heavy atom. The molecule has 1 aromatic carbocycles. The van der Waals surface area contributed by atoms with Crippen LogP contribution in [0, 0.1) is 0 Å². The van der Waals surface area contributed by atoms with E-state index in [0.29, 0.717) is 18.0 Å². The third kappa shape index (κ3) is 7.33. The van der Waals surface area contributed by atoms with Gasteiger partial charge < -0.3 is 20.1 Å². The van der Waals surface area contributed by atoms with Gasteiger partial charge in [-0.3, -0.25) is 4.79 Å². The molecule has 0 aliphatic carbocycles. The highest BCUT2D eigenvalue weighted by Crippen LogP contribution is 2.28. The summed E-state index contributed by atoms with van der Waals surface area (Å²) >= 11 is 0. The summed E-state index contributed by atoms with van der Waals surface area (Å²) in [6, 6.07) is 5.60. The Balaban J connectivity index is 0.00000441. The smallest absolute Gasteiger partial charge is 0.257 e. The van der Waals surface area contributed by atoms with E-state index < -0.39 is 0 Å². The van der Waals surface area contributed by atoms with E-state index in [-0.39, 0.29) is 24.9 Å². The standard InChI is InChI=1S/C16H24N2O3.ClH/c1-4-6-13-7-8-14(15(11-13)20-3)21-12-16(19)18-10-5-9-17-2;/h4,6-8,11,17H,5,9-10,12H2,1-3H3,(H,18,19);1H/b6-4+;. The summed E-state index contributed by atoms with van der Waals surface area (Å²) in [4.78, 5) is 11.6. The maximum absolute atomic E-state index is 11.6. The molecule has 1 aromatic rings. The maximum atomic E-state index is 11.6. The van der Waals surface area contributed by atoms with Gasteiger partial charge in [-0.1, -0.05) is 18.2 Å². The van der Waals surface area contributed by atoms with Crippen LogP contribution in [0.3, 0.4) is 0 Å². The molecule has 0 saturated heterocycles. The molecule has 0 saturated carbocycles. The van der Waals surface area contributed by atoms with E-state index in [1.54, 1.807) is 7.11 Å². The number of hydrogen-bond acceptors (Lipinski definition) is 4. The minimum atomic E-state index is -0.134. The van der Waals surface area contributed by atoms with Gasteiger partial charge in [-0.15, -0.1) is 12.4 Å². The van der Waals surface area contributed by atoms with Crippen molar-refractivity contribution < 1.29 is 14.3 Å². The lowest BCUT2D eigenvalue weighted by Gasteiger charge is -2.11. The summed E-state index contributed by atoms with van der Waals surface area (Å²) in [6.45, 7) is 3.45. The van der Waals surface area contributed by atoms with Gasteiger partial charge in [0.15, 0.2) is 18.1 Å². The first-order valence-electron chi connectivity index (χ1n) is 7.06. The van der Waals surface area contributed by atoms with Crippen molar-refractivity contribution >= 4 is 24.4 Å². The average Bonchev–Trinajstić information content (AvgIpc) is 2.50. The topological polar surface area (TPSA) is 59.6 Å². The van der Waals surface area contributed by atoms with Gasteiger partial charge in [0.2, 0.25) is 0 Å². The number of allylic oxidation sites excluding steroid dienone is 1. The van der Waals surface area contributed by atoms with Crippen LogP contribution in [0.2, 0.25) is 0 Å². The molecule has 0 fully saturated rings. The molecular formula is C16H25ClN2O3. The first-order chi connectivity index (χ1) is 10.2. The Morgan fingerprint density at radius 3 is 2.68 bits per heavy atom. The zero-order chi connectivity index (χ0) is 15.5. The van der Waals surface area contributed by atoms with Crippen LogP contribution in [0.1, 0.15) is 18.9 Å². The fourth-order valence-corrected chi connectivity index (χ4v) is 1.79. The maximum Gasteiger partial charge on any atom is 0.257 e. The second kappa shape index (κ2) is 11.9.